The van der Waals surface area contributed by atoms with Gasteiger partial charge in [0.2, 0.25) is 0 Å². The number of nitrogens with zero attached hydrogens (tertiary/aromatic N) is 4. The van der Waals surface area contributed by atoms with E-state index in [9.17, 15) is 14.7 Å². The van der Waals surface area contributed by atoms with Crippen molar-refractivity contribution in [2.24, 2.45) is 0 Å². The lowest BCUT2D eigenvalue weighted by Crippen LogP contribution is -2.49. The summed E-state index contributed by atoms with van der Waals surface area (Å²) in [5.74, 6) is -0.548. The molecule has 0 aliphatic carbocycles. The summed E-state index contributed by atoms with van der Waals surface area (Å²) in [4.78, 5) is 38.9. The van der Waals surface area contributed by atoms with Gasteiger partial charge in [0, 0.05) is 49.0 Å². The number of hydrogen-bond donors (Lipinski definition) is 2. The molecule has 2 heterocycles. The number of nitrogens with one attached hydrogen (secondary N) is 1. The number of aryl methyl sites for hydroxylation is 2. The van der Waals surface area contributed by atoms with E-state index in [-0.39, 0.29) is 11.8 Å². The summed E-state index contributed by atoms with van der Waals surface area (Å²) in [7, 11) is 3.62. The van der Waals surface area contributed by atoms with Crippen molar-refractivity contribution in [2.75, 3.05) is 25.5 Å². The van der Waals surface area contributed by atoms with E-state index in [1.54, 1.807) is 42.4 Å². The molecule has 0 fully saturated rings. The van der Waals surface area contributed by atoms with Crippen LogP contribution in [-0.2, 0) is 19.4 Å². The third-order valence-corrected chi connectivity index (χ3v) is 7.88. The second kappa shape index (κ2) is 14.0. The second-order valence-electron chi connectivity index (χ2n) is 10.2. The monoisotopic (exact) mass is 571 g/mol. The molecule has 4 rings (SSSR count). The van der Waals surface area contributed by atoms with Crippen LogP contribution in [0.2, 0.25) is 0 Å². The number of hydrogen-bond acceptors (Lipinski definition) is 7. The number of amides is 2. The summed E-state index contributed by atoms with van der Waals surface area (Å²) in [5, 5.41) is 17.2. The van der Waals surface area contributed by atoms with E-state index in [2.05, 4.69) is 28.3 Å². The SMILES string of the molecule is CCc1cncc(N(C)C[C@@H](O)[C@H](Cc2ccccc2)NC(=O)c2cccc(C(=O)N(C)Cc3nc(C)cs3)c2)c1. The molecule has 41 heavy (non-hydrogen) atoms. The van der Waals surface area contributed by atoms with E-state index in [0.29, 0.717) is 30.6 Å². The van der Waals surface area contributed by atoms with Crippen LogP contribution < -0.4 is 10.2 Å². The highest BCUT2D eigenvalue weighted by Gasteiger charge is 2.25. The van der Waals surface area contributed by atoms with Crippen molar-refractivity contribution < 1.29 is 14.7 Å². The number of likely N-dealkylation sites (N-methyl/N-ethyl adjacent to an activating group) is 1. The molecule has 0 unspecified atom stereocenters. The largest absolute Gasteiger partial charge is 0.389 e. The van der Waals surface area contributed by atoms with Crippen LogP contribution in [0.25, 0.3) is 0 Å². The van der Waals surface area contributed by atoms with Gasteiger partial charge in [-0.3, -0.25) is 14.6 Å². The van der Waals surface area contributed by atoms with Gasteiger partial charge in [0.05, 0.1) is 30.6 Å². The Morgan fingerprint density at radius 1 is 1.00 bits per heavy atom. The minimum absolute atomic E-state index is 0.196. The van der Waals surface area contributed by atoms with E-state index in [4.69, 9.17) is 0 Å². The number of pyridine rings is 1. The highest BCUT2D eigenvalue weighted by atomic mass is 32.1. The molecule has 0 spiro atoms. The molecule has 0 saturated carbocycles. The molecule has 0 bridgehead atoms. The topological polar surface area (TPSA) is 98.7 Å². The number of aliphatic hydroxyl groups excluding tert-OH is 1. The zero-order chi connectivity index (χ0) is 29.4. The summed E-state index contributed by atoms with van der Waals surface area (Å²) in [6.07, 6.45) is 4.05. The molecule has 2 atom stereocenters. The Bertz CT molecular complexity index is 1460. The lowest BCUT2D eigenvalue weighted by Gasteiger charge is -2.29. The highest BCUT2D eigenvalue weighted by Crippen LogP contribution is 2.17. The molecule has 2 aromatic heterocycles. The molecule has 9 heteroatoms. The van der Waals surface area contributed by atoms with Gasteiger partial charge < -0.3 is 20.2 Å². The zero-order valence-corrected chi connectivity index (χ0v) is 24.8. The average Bonchev–Trinajstić information content (AvgIpc) is 3.40. The predicted octanol–water partition coefficient (Wildman–Crippen LogP) is 4.52. The summed E-state index contributed by atoms with van der Waals surface area (Å²) in [5.41, 5.74) is 4.70. The number of rotatable bonds is 12. The second-order valence-corrected chi connectivity index (χ2v) is 11.2. The van der Waals surface area contributed by atoms with Gasteiger partial charge in [0.15, 0.2) is 0 Å². The molecule has 4 aromatic rings. The maximum absolute atomic E-state index is 13.4. The molecule has 214 valence electrons. The molecule has 2 N–H and O–H groups in total. The fourth-order valence-electron chi connectivity index (χ4n) is 4.56. The van der Waals surface area contributed by atoms with E-state index in [1.165, 1.54) is 11.3 Å². The third-order valence-electron chi connectivity index (χ3n) is 6.93. The van der Waals surface area contributed by atoms with Crippen molar-refractivity contribution in [3.05, 3.63) is 111 Å². The number of benzene rings is 2. The molecular formula is C32H37N5O3S. The van der Waals surface area contributed by atoms with Gasteiger partial charge in [0.25, 0.3) is 11.8 Å². The van der Waals surface area contributed by atoms with Crippen LogP contribution in [0.5, 0.6) is 0 Å². The Morgan fingerprint density at radius 2 is 1.76 bits per heavy atom. The van der Waals surface area contributed by atoms with Gasteiger partial charge in [0.1, 0.15) is 5.01 Å². The first kappa shape index (κ1) is 29.9. The van der Waals surface area contributed by atoms with Crippen molar-refractivity contribution >= 4 is 28.8 Å². The Balaban J connectivity index is 1.48. The van der Waals surface area contributed by atoms with Crippen LogP contribution in [-0.4, -0.2) is 64.6 Å². The number of thiazole rings is 1. The van der Waals surface area contributed by atoms with Gasteiger partial charge >= 0.3 is 0 Å². The van der Waals surface area contributed by atoms with Crippen LogP contribution in [0.1, 0.15) is 49.5 Å². The van der Waals surface area contributed by atoms with Crippen molar-refractivity contribution in [2.45, 2.75) is 45.4 Å². The Hall–Kier alpha value is -4.08. The first-order chi connectivity index (χ1) is 19.7. The first-order valence-corrected chi connectivity index (χ1v) is 14.6. The van der Waals surface area contributed by atoms with Gasteiger partial charge in [-0.25, -0.2) is 4.98 Å². The number of aromatic nitrogens is 2. The zero-order valence-electron chi connectivity index (χ0n) is 23.9. The van der Waals surface area contributed by atoms with Crippen LogP contribution in [0.4, 0.5) is 5.69 Å². The third kappa shape index (κ3) is 8.22. The maximum Gasteiger partial charge on any atom is 0.253 e. The molecule has 2 amide bonds. The summed E-state index contributed by atoms with van der Waals surface area (Å²) in [6.45, 7) is 4.68. The molecule has 0 saturated heterocycles. The Morgan fingerprint density at radius 3 is 2.46 bits per heavy atom. The van der Waals surface area contributed by atoms with Gasteiger partial charge in [-0.1, -0.05) is 43.3 Å². The normalized spacial score (nSPS) is 12.4. The van der Waals surface area contributed by atoms with E-state index >= 15 is 0 Å². The fraction of sp³-hybridized carbons (Fsp3) is 0.312. The summed E-state index contributed by atoms with van der Waals surface area (Å²) < 4.78 is 0. The van der Waals surface area contributed by atoms with Crippen LogP contribution in [0, 0.1) is 6.92 Å². The quantitative estimate of drug-likeness (QED) is 0.260. The average molecular weight is 572 g/mol. The molecule has 0 aliphatic heterocycles. The molecule has 8 nitrogen and oxygen atoms in total. The van der Waals surface area contributed by atoms with E-state index < -0.39 is 12.1 Å². The van der Waals surface area contributed by atoms with Crippen LogP contribution in [0.15, 0.2) is 78.4 Å². The van der Waals surface area contributed by atoms with Crippen molar-refractivity contribution in [3.8, 4) is 0 Å². The Labute approximate surface area is 245 Å². The standard InChI is InChI=1S/C32H37N5O3S/c1-5-23-14-27(18-33-17-23)36(3)19-29(38)28(15-24-10-7-6-8-11-24)35-31(39)25-12-9-13-26(16-25)32(40)37(4)20-30-34-22(2)21-41-30/h6-14,16-18,21,28-29,38H,5,15,19-20H2,1-4H3,(H,35,39)/t28-,29+/m0/s1. The van der Waals surface area contributed by atoms with Gasteiger partial charge in [-0.2, -0.15) is 0 Å². The summed E-state index contributed by atoms with van der Waals surface area (Å²) >= 11 is 1.51. The molecule has 0 aliphatic rings. The van der Waals surface area contributed by atoms with Crippen LogP contribution in [0.3, 0.4) is 0 Å². The van der Waals surface area contributed by atoms with Crippen molar-refractivity contribution in [1.82, 2.24) is 20.2 Å². The number of carbonyl (C=O) groups is 2. The number of carbonyl (C=O) groups excluding carboxylic acids is 2. The maximum atomic E-state index is 13.4. The van der Waals surface area contributed by atoms with Crippen molar-refractivity contribution in [3.63, 3.8) is 0 Å². The number of anilines is 1. The van der Waals surface area contributed by atoms with Gasteiger partial charge in [-0.05, 0) is 55.2 Å². The lowest BCUT2D eigenvalue weighted by molar-refractivity contribution is 0.0785. The molecule has 2 aromatic carbocycles. The smallest absolute Gasteiger partial charge is 0.253 e. The molecular weight excluding hydrogens is 534 g/mol. The first-order valence-electron chi connectivity index (χ1n) is 13.7. The fourth-order valence-corrected chi connectivity index (χ4v) is 5.38. The summed E-state index contributed by atoms with van der Waals surface area (Å²) in [6, 6.07) is 17.9. The van der Waals surface area contributed by atoms with Crippen LogP contribution >= 0.6 is 11.3 Å². The van der Waals surface area contributed by atoms with E-state index in [0.717, 1.165) is 33.9 Å². The number of aliphatic hydroxyl groups is 1. The minimum Gasteiger partial charge on any atom is -0.389 e. The molecule has 0 radical (unpaired) electrons. The van der Waals surface area contributed by atoms with Crippen molar-refractivity contribution in [1.29, 1.82) is 0 Å². The highest BCUT2D eigenvalue weighted by molar-refractivity contribution is 7.09. The lowest BCUT2D eigenvalue weighted by atomic mass is 9.99. The predicted molar refractivity (Wildman–Crippen MR) is 163 cm³/mol. The Kier molecular flexibility index (Phi) is 10.2. The van der Waals surface area contributed by atoms with Gasteiger partial charge in [-0.15, -0.1) is 11.3 Å². The van der Waals surface area contributed by atoms with E-state index in [1.807, 2.05) is 60.8 Å². The minimum atomic E-state index is -0.868.